The lowest BCUT2D eigenvalue weighted by atomic mass is 9.96. The molecular formula is C24H16N2O12S4. The summed E-state index contributed by atoms with van der Waals surface area (Å²) in [6.45, 7) is 0. The van der Waals surface area contributed by atoms with Gasteiger partial charge in [0.1, 0.15) is 4.90 Å². The zero-order chi connectivity index (χ0) is 30.8. The molecule has 0 aliphatic heterocycles. The minimum Gasteiger partial charge on any atom is -0.282 e. The number of hydrogen-bond acceptors (Lipinski definition) is 10. The molecule has 0 atom stereocenters. The van der Waals surface area contributed by atoms with E-state index in [1.165, 1.54) is 30.5 Å². The van der Waals surface area contributed by atoms with Crippen LogP contribution in [-0.2, 0) is 40.5 Å². The minimum atomic E-state index is -5.41. The fraction of sp³-hybridized carbons (Fsp3) is 0. The van der Waals surface area contributed by atoms with E-state index in [4.69, 9.17) is 0 Å². The lowest BCUT2D eigenvalue weighted by molar-refractivity contribution is 0.463. The van der Waals surface area contributed by atoms with Gasteiger partial charge in [-0.3, -0.25) is 23.2 Å². The first-order chi connectivity index (χ1) is 19.4. The van der Waals surface area contributed by atoms with E-state index in [-0.39, 0.29) is 26.9 Å². The lowest BCUT2D eigenvalue weighted by Gasteiger charge is -2.16. The van der Waals surface area contributed by atoms with Crippen LogP contribution in [0, 0.1) is 0 Å². The standard InChI is InChI=1S/C24H16N2O12S4/c27-39(28,29)15-5-1-13(2-6-15)17-11-12-25-21-18(17)9-10-19-20(14-3-7-16(8-4-14)40(30,31)32)23(41(33,34)35)24(26-22(19)21)42(36,37)38/h1-12H,(H,27,28,29)(H,30,31,32)(H,33,34,35)(H,36,37,38). The molecule has 0 bridgehead atoms. The van der Waals surface area contributed by atoms with Crippen LogP contribution in [0.4, 0.5) is 0 Å². The maximum Gasteiger partial charge on any atom is 0.313 e. The highest BCUT2D eigenvalue weighted by Crippen LogP contribution is 2.41. The Morgan fingerprint density at radius 3 is 1.48 bits per heavy atom. The van der Waals surface area contributed by atoms with Crippen molar-refractivity contribution in [3.63, 3.8) is 0 Å². The van der Waals surface area contributed by atoms with Crippen molar-refractivity contribution in [2.24, 2.45) is 0 Å². The van der Waals surface area contributed by atoms with Crippen LogP contribution >= 0.6 is 0 Å². The van der Waals surface area contributed by atoms with Crippen molar-refractivity contribution in [2.45, 2.75) is 19.7 Å². The number of hydrogen-bond donors (Lipinski definition) is 4. The monoisotopic (exact) mass is 652 g/mol. The average molecular weight is 653 g/mol. The summed E-state index contributed by atoms with van der Waals surface area (Å²) in [6, 6.07) is 13.3. The van der Waals surface area contributed by atoms with Gasteiger partial charge < -0.3 is 0 Å². The number of nitrogens with zero attached hydrogens (tertiary/aromatic N) is 2. The summed E-state index contributed by atoms with van der Waals surface area (Å²) in [4.78, 5) is 5.91. The molecule has 0 spiro atoms. The summed E-state index contributed by atoms with van der Waals surface area (Å²) in [6.07, 6.45) is 1.31. The highest BCUT2D eigenvalue weighted by atomic mass is 32.2. The molecule has 3 aromatic carbocycles. The van der Waals surface area contributed by atoms with Crippen molar-refractivity contribution in [1.82, 2.24) is 9.97 Å². The molecule has 0 aliphatic rings. The molecular weight excluding hydrogens is 637 g/mol. The van der Waals surface area contributed by atoms with Gasteiger partial charge in [0, 0.05) is 22.5 Å². The SMILES string of the molecule is O=S(=O)(O)c1ccc(-c2ccnc3c2ccc2c(-c4ccc(S(=O)(=O)O)cc4)c(S(=O)(=O)O)c(S(=O)(=O)O)nc23)cc1. The molecule has 42 heavy (non-hydrogen) atoms. The highest BCUT2D eigenvalue weighted by Gasteiger charge is 2.33. The van der Waals surface area contributed by atoms with Gasteiger partial charge in [-0.15, -0.1) is 0 Å². The van der Waals surface area contributed by atoms with Crippen molar-refractivity contribution in [3.05, 3.63) is 72.9 Å². The molecule has 2 heterocycles. The molecule has 0 saturated carbocycles. The molecule has 0 unspecified atom stereocenters. The minimum absolute atomic E-state index is 0.00597. The third-order valence-electron chi connectivity index (χ3n) is 6.20. The molecule has 0 aliphatic carbocycles. The Balaban J connectivity index is 1.91. The highest BCUT2D eigenvalue weighted by molar-refractivity contribution is 7.89. The van der Waals surface area contributed by atoms with Crippen LogP contribution in [0.25, 0.3) is 44.1 Å². The molecule has 0 saturated heterocycles. The van der Waals surface area contributed by atoms with Crippen LogP contribution in [0.2, 0.25) is 0 Å². The van der Waals surface area contributed by atoms with Gasteiger partial charge in [0.05, 0.1) is 20.8 Å². The Labute approximate surface area is 238 Å². The van der Waals surface area contributed by atoms with Crippen LogP contribution in [0.15, 0.2) is 92.6 Å². The summed E-state index contributed by atoms with van der Waals surface area (Å²) in [5.74, 6) is 0. The number of benzene rings is 3. The fourth-order valence-corrected chi connectivity index (χ4v) is 7.34. The van der Waals surface area contributed by atoms with Gasteiger partial charge in [0.2, 0.25) is 5.03 Å². The summed E-state index contributed by atoms with van der Waals surface area (Å²) in [5, 5.41) is -1.18. The molecule has 218 valence electrons. The van der Waals surface area contributed by atoms with E-state index in [2.05, 4.69) is 9.97 Å². The Hall–Kier alpha value is -3.88. The first-order valence-corrected chi connectivity index (χ1v) is 17.0. The van der Waals surface area contributed by atoms with E-state index >= 15 is 0 Å². The molecule has 0 amide bonds. The van der Waals surface area contributed by atoms with Gasteiger partial charge in [-0.2, -0.15) is 33.7 Å². The van der Waals surface area contributed by atoms with Gasteiger partial charge >= 0.3 is 10.1 Å². The van der Waals surface area contributed by atoms with Crippen LogP contribution in [0.3, 0.4) is 0 Å². The van der Waals surface area contributed by atoms with E-state index in [0.29, 0.717) is 16.5 Å². The lowest BCUT2D eigenvalue weighted by Crippen LogP contribution is -2.13. The smallest absolute Gasteiger partial charge is 0.282 e. The third kappa shape index (κ3) is 5.37. The van der Waals surface area contributed by atoms with E-state index < -0.39 is 60.9 Å². The molecule has 18 heteroatoms. The quantitative estimate of drug-likeness (QED) is 0.152. The van der Waals surface area contributed by atoms with Crippen LogP contribution < -0.4 is 0 Å². The predicted octanol–water partition coefficient (Wildman–Crippen LogP) is 3.10. The second kappa shape index (κ2) is 9.85. The average Bonchev–Trinajstić information content (AvgIpc) is 2.89. The van der Waals surface area contributed by atoms with E-state index in [1.54, 1.807) is 6.07 Å². The molecule has 5 aromatic rings. The number of fused-ring (bicyclic) bond motifs is 3. The van der Waals surface area contributed by atoms with E-state index in [9.17, 15) is 51.9 Å². The fourth-order valence-electron chi connectivity index (χ4n) is 4.45. The predicted molar refractivity (Wildman–Crippen MR) is 147 cm³/mol. The molecule has 4 N–H and O–H groups in total. The van der Waals surface area contributed by atoms with E-state index in [1.807, 2.05) is 0 Å². The van der Waals surface area contributed by atoms with Crippen molar-refractivity contribution in [3.8, 4) is 22.3 Å². The first kappa shape index (κ1) is 29.6. The molecule has 2 aromatic heterocycles. The zero-order valence-corrected chi connectivity index (χ0v) is 23.8. The molecule has 5 rings (SSSR count). The number of pyridine rings is 2. The molecule has 0 fully saturated rings. The zero-order valence-electron chi connectivity index (χ0n) is 20.5. The van der Waals surface area contributed by atoms with E-state index in [0.717, 1.165) is 36.4 Å². The van der Waals surface area contributed by atoms with Crippen molar-refractivity contribution in [1.29, 1.82) is 0 Å². The van der Waals surface area contributed by atoms with Gasteiger partial charge in [0.15, 0.2) is 0 Å². The van der Waals surface area contributed by atoms with Crippen LogP contribution in [-0.4, -0.2) is 61.9 Å². The normalized spacial score (nSPS) is 13.0. The van der Waals surface area contributed by atoms with Gasteiger partial charge in [0.25, 0.3) is 30.4 Å². The molecule has 0 radical (unpaired) electrons. The Kier molecular flexibility index (Phi) is 6.94. The van der Waals surface area contributed by atoms with Crippen LogP contribution in [0.1, 0.15) is 0 Å². The van der Waals surface area contributed by atoms with Gasteiger partial charge in [-0.05, 0) is 47.0 Å². The van der Waals surface area contributed by atoms with Crippen molar-refractivity contribution < 1.29 is 51.9 Å². The summed E-state index contributed by atoms with van der Waals surface area (Å²) in [5.41, 5.74) is 0.0492. The summed E-state index contributed by atoms with van der Waals surface area (Å²) >= 11 is 0. The maximum absolute atomic E-state index is 12.5. The van der Waals surface area contributed by atoms with Crippen LogP contribution in [0.5, 0.6) is 0 Å². The second-order valence-corrected chi connectivity index (χ2v) is 14.3. The molecule has 14 nitrogen and oxygen atoms in total. The van der Waals surface area contributed by atoms with Gasteiger partial charge in [-0.1, -0.05) is 36.4 Å². The van der Waals surface area contributed by atoms with Crippen molar-refractivity contribution in [2.75, 3.05) is 0 Å². The Morgan fingerprint density at radius 2 is 1.00 bits per heavy atom. The topological polar surface area (TPSA) is 243 Å². The van der Waals surface area contributed by atoms with Gasteiger partial charge in [-0.25, -0.2) is 4.98 Å². The Morgan fingerprint density at radius 1 is 0.500 bits per heavy atom. The number of aromatic nitrogens is 2. The maximum atomic E-state index is 12.5. The summed E-state index contributed by atoms with van der Waals surface area (Å²) < 4.78 is 134. The summed E-state index contributed by atoms with van der Waals surface area (Å²) in [7, 11) is -19.9. The third-order valence-corrected chi connectivity index (χ3v) is 9.76. The van der Waals surface area contributed by atoms with Crippen molar-refractivity contribution >= 4 is 62.3 Å². The Bertz CT molecular complexity index is 2370. The largest absolute Gasteiger partial charge is 0.313 e. The number of rotatable bonds is 6. The second-order valence-electron chi connectivity index (χ2n) is 8.79. The first-order valence-electron chi connectivity index (χ1n) is 11.2.